The van der Waals surface area contributed by atoms with Crippen LogP contribution in [0.2, 0.25) is 0 Å². The van der Waals surface area contributed by atoms with Crippen LogP contribution in [-0.4, -0.2) is 19.1 Å². The van der Waals surface area contributed by atoms with E-state index < -0.39 is 0 Å². The highest BCUT2D eigenvalue weighted by Gasteiger charge is 2.25. The third-order valence-corrected chi connectivity index (χ3v) is 5.33. The van der Waals surface area contributed by atoms with Crippen LogP contribution in [0.4, 0.5) is 5.69 Å². The topological polar surface area (TPSA) is 36.1 Å². The summed E-state index contributed by atoms with van der Waals surface area (Å²) in [5, 5.41) is 1.09. The molecule has 0 fully saturated rings. The highest BCUT2D eigenvalue weighted by molar-refractivity contribution is 5.96. The Kier molecular flexibility index (Phi) is 4.91. The second-order valence-corrected chi connectivity index (χ2v) is 9.92. The van der Waals surface area contributed by atoms with Gasteiger partial charge in [0.2, 0.25) is 0 Å². The minimum atomic E-state index is -0.230. The van der Waals surface area contributed by atoms with E-state index in [2.05, 4.69) is 88.0 Å². The number of nitrogens with one attached hydrogen (secondary N) is 1. The van der Waals surface area contributed by atoms with Gasteiger partial charge in [-0.25, -0.2) is 0 Å². The number of aromatic amines is 1. The summed E-state index contributed by atoms with van der Waals surface area (Å²) in [6.07, 6.45) is 2.05. The van der Waals surface area contributed by atoms with Gasteiger partial charge in [-0.3, -0.25) is 4.79 Å². The van der Waals surface area contributed by atoms with Crippen LogP contribution in [0.1, 0.15) is 52.7 Å². The molecule has 0 saturated carbocycles. The van der Waals surface area contributed by atoms with E-state index in [1.54, 1.807) is 0 Å². The first kappa shape index (κ1) is 20.2. The molecule has 148 valence electrons. The van der Waals surface area contributed by atoms with Gasteiger partial charge in [-0.15, -0.1) is 0 Å². The van der Waals surface area contributed by atoms with Crippen LogP contribution >= 0.6 is 0 Å². The third kappa shape index (κ3) is 3.71. The van der Waals surface area contributed by atoms with Gasteiger partial charge in [-0.05, 0) is 40.7 Å². The molecule has 3 aromatic rings. The van der Waals surface area contributed by atoms with Crippen LogP contribution < -0.4 is 10.3 Å². The van der Waals surface area contributed by atoms with Crippen LogP contribution in [0.3, 0.4) is 0 Å². The minimum Gasteiger partial charge on any atom is -0.378 e. The number of hydrogen-bond donors (Lipinski definition) is 1. The Morgan fingerprint density at radius 3 is 1.86 bits per heavy atom. The molecule has 0 aliphatic rings. The molecule has 1 N–H and O–H groups in total. The number of anilines is 1. The molecule has 1 aromatic heterocycles. The zero-order valence-corrected chi connectivity index (χ0v) is 18.4. The molecule has 3 rings (SSSR count). The third-order valence-electron chi connectivity index (χ3n) is 5.33. The van der Waals surface area contributed by atoms with Crippen molar-refractivity contribution < 1.29 is 0 Å². The Balaban J connectivity index is 2.34. The Bertz CT molecular complexity index is 1060. The summed E-state index contributed by atoms with van der Waals surface area (Å²) < 4.78 is 0. The van der Waals surface area contributed by atoms with E-state index in [1.165, 1.54) is 5.69 Å². The summed E-state index contributed by atoms with van der Waals surface area (Å²) in [4.78, 5) is 18.9. The second-order valence-electron chi connectivity index (χ2n) is 9.92. The van der Waals surface area contributed by atoms with E-state index >= 15 is 0 Å². The van der Waals surface area contributed by atoms with Gasteiger partial charge in [0.1, 0.15) is 0 Å². The monoisotopic (exact) mass is 376 g/mol. The zero-order valence-electron chi connectivity index (χ0n) is 18.4. The minimum absolute atomic E-state index is 0.151. The normalized spacial score (nSPS) is 12.4. The SMILES string of the molecule is CN(C)c1ccc(-c2c[nH]c3cc(C(C)(C)C)c(=O)c(C(C)(C)C)cc23)cc1. The fourth-order valence-corrected chi connectivity index (χ4v) is 3.58. The molecular formula is C25H32N2O. The van der Waals surface area contributed by atoms with Crippen molar-refractivity contribution in [1.82, 2.24) is 4.98 Å². The van der Waals surface area contributed by atoms with E-state index in [0.29, 0.717) is 0 Å². The summed E-state index contributed by atoms with van der Waals surface area (Å²) in [6, 6.07) is 12.7. The van der Waals surface area contributed by atoms with Crippen molar-refractivity contribution in [3.8, 4) is 11.1 Å². The average Bonchev–Trinajstić information content (AvgIpc) is 2.90. The van der Waals surface area contributed by atoms with Gasteiger partial charge < -0.3 is 9.88 Å². The standard InChI is InChI=1S/C25H32N2O/c1-24(2,3)20-13-18-19(16-9-11-17(12-10-16)27(7)8)15-26-22(18)14-21(23(20)28)25(4,5)6/h9-15,26H,1-8H3. The fraction of sp³-hybridized carbons (Fsp3) is 0.400. The van der Waals surface area contributed by atoms with Crippen molar-refractivity contribution in [1.29, 1.82) is 0 Å². The van der Waals surface area contributed by atoms with Gasteiger partial charge >= 0.3 is 0 Å². The quantitative estimate of drug-likeness (QED) is 0.608. The summed E-state index contributed by atoms with van der Waals surface area (Å²) in [6.45, 7) is 12.6. The molecule has 3 nitrogen and oxygen atoms in total. The van der Waals surface area contributed by atoms with Gasteiger partial charge in [-0.1, -0.05) is 53.7 Å². The van der Waals surface area contributed by atoms with Crippen LogP contribution in [0.15, 0.2) is 47.4 Å². The van der Waals surface area contributed by atoms with Gasteiger partial charge in [0, 0.05) is 53.6 Å². The number of rotatable bonds is 2. The Morgan fingerprint density at radius 1 is 0.821 bits per heavy atom. The average molecular weight is 377 g/mol. The molecule has 1 heterocycles. The van der Waals surface area contributed by atoms with Crippen LogP contribution in [0.25, 0.3) is 22.0 Å². The maximum Gasteiger partial charge on any atom is 0.186 e. The molecule has 0 radical (unpaired) electrons. The van der Waals surface area contributed by atoms with E-state index in [1.807, 2.05) is 20.2 Å². The number of nitrogens with zero attached hydrogens (tertiary/aromatic N) is 1. The lowest BCUT2D eigenvalue weighted by atomic mass is 9.82. The highest BCUT2D eigenvalue weighted by atomic mass is 16.1. The molecule has 0 amide bonds. The van der Waals surface area contributed by atoms with E-state index in [0.717, 1.165) is 33.2 Å². The smallest absolute Gasteiger partial charge is 0.186 e. The molecule has 28 heavy (non-hydrogen) atoms. The van der Waals surface area contributed by atoms with Gasteiger partial charge in [0.25, 0.3) is 0 Å². The summed E-state index contributed by atoms with van der Waals surface area (Å²) in [5.74, 6) is 0. The lowest BCUT2D eigenvalue weighted by molar-refractivity contribution is 0.564. The molecule has 0 aliphatic carbocycles. The summed E-state index contributed by atoms with van der Waals surface area (Å²) in [7, 11) is 4.08. The Labute approximate surface area is 168 Å². The lowest BCUT2D eigenvalue weighted by Crippen LogP contribution is -2.28. The molecule has 0 atom stereocenters. The first-order valence-electron chi connectivity index (χ1n) is 9.88. The molecular weight excluding hydrogens is 344 g/mol. The van der Waals surface area contributed by atoms with Crippen molar-refractivity contribution in [3.05, 3.63) is 63.9 Å². The van der Waals surface area contributed by atoms with Crippen molar-refractivity contribution in [2.45, 2.75) is 52.4 Å². The molecule has 0 bridgehead atoms. The first-order chi connectivity index (χ1) is 12.9. The number of hydrogen-bond acceptors (Lipinski definition) is 2. The van der Waals surface area contributed by atoms with Crippen LogP contribution in [0.5, 0.6) is 0 Å². The number of fused-ring (bicyclic) bond motifs is 1. The zero-order chi connectivity index (χ0) is 20.9. The molecule has 2 aromatic carbocycles. The lowest BCUT2D eigenvalue weighted by Gasteiger charge is -2.21. The molecule has 3 heteroatoms. The first-order valence-corrected chi connectivity index (χ1v) is 9.88. The van der Waals surface area contributed by atoms with Gasteiger partial charge in [0.05, 0.1) is 0 Å². The maximum atomic E-state index is 13.4. The highest BCUT2D eigenvalue weighted by Crippen LogP contribution is 2.33. The van der Waals surface area contributed by atoms with Crippen molar-refractivity contribution in [3.63, 3.8) is 0 Å². The molecule has 0 unspecified atom stereocenters. The van der Waals surface area contributed by atoms with E-state index in [9.17, 15) is 4.79 Å². The van der Waals surface area contributed by atoms with E-state index in [4.69, 9.17) is 0 Å². The summed E-state index contributed by atoms with van der Waals surface area (Å²) >= 11 is 0. The van der Waals surface area contributed by atoms with Crippen molar-refractivity contribution in [2.75, 3.05) is 19.0 Å². The predicted octanol–water partition coefficient (Wildman–Crippen LogP) is 5.86. The maximum absolute atomic E-state index is 13.4. The Morgan fingerprint density at radius 2 is 1.36 bits per heavy atom. The Hall–Kier alpha value is -2.55. The molecule has 0 saturated heterocycles. The van der Waals surface area contributed by atoms with Crippen molar-refractivity contribution in [2.24, 2.45) is 0 Å². The van der Waals surface area contributed by atoms with Gasteiger partial charge in [0.15, 0.2) is 5.43 Å². The van der Waals surface area contributed by atoms with Gasteiger partial charge in [-0.2, -0.15) is 0 Å². The fourth-order valence-electron chi connectivity index (χ4n) is 3.58. The number of aromatic nitrogens is 1. The number of benzene rings is 1. The van der Waals surface area contributed by atoms with E-state index in [-0.39, 0.29) is 16.3 Å². The second kappa shape index (κ2) is 6.80. The van der Waals surface area contributed by atoms with Crippen molar-refractivity contribution >= 4 is 16.6 Å². The largest absolute Gasteiger partial charge is 0.378 e. The number of H-pyrrole nitrogens is 1. The molecule has 0 spiro atoms. The molecule has 0 aliphatic heterocycles. The van der Waals surface area contributed by atoms with Crippen LogP contribution in [0, 0.1) is 0 Å². The predicted molar refractivity (Wildman–Crippen MR) is 122 cm³/mol. The summed E-state index contributed by atoms with van der Waals surface area (Å²) in [5.41, 5.74) is 5.86. The van der Waals surface area contributed by atoms with Crippen LogP contribution in [-0.2, 0) is 10.8 Å².